The number of nitroso groups, excluding NO2 is 1. The van der Waals surface area contributed by atoms with E-state index in [1.165, 1.54) is 0 Å². The fraction of sp³-hybridized carbons (Fsp3) is 0.133. The van der Waals surface area contributed by atoms with Crippen molar-refractivity contribution in [1.29, 1.82) is 0 Å². The molecule has 1 heterocycles. The molecule has 1 atom stereocenters. The van der Waals surface area contributed by atoms with E-state index < -0.39 is 0 Å². The minimum atomic E-state index is -0.324. The highest BCUT2D eigenvalue weighted by Crippen LogP contribution is 2.35. The predicted molar refractivity (Wildman–Crippen MR) is 81.9 cm³/mol. The Bertz CT molecular complexity index is 712. The lowest BCUT2D eigenvalue weighted by Crippen LogP contribution is -2.18. The number of fused-ring (bicyclic) bond motifs is 1. The van der Waals surface area contributed by atoms with Crippen molar-refractivity contribution < 1.29 is 0 Å². The summed E-state index contributed by atoms with van der Waals surface area (Å²) in [6, 6.07) is 12.8. The summed E-state index contributed by atoms with van der Waals surface area (Å²) < 4.78 is 0. The van der Waals surface area contributed by atoms with E-state index in [9.17, 15) is 4.91 Å². The standard InChI is InChI=1S/C15H12ClN3O/c1-9-11-7-6-10(16)8-14(11)18-15(17-9)12-4-2-3-5-13(12)19-20/h2-8,15,18H,1H3. The zero-order chi connectivity index (χ0) is 14.1. The van der Waals surface area contributed by atoms with Gasteiger partial charge >= 0.3 is 0 Å². The Balaban J connectivity index is 2.07. The maximum atomic E-state index is 10.9. The Hall–Kier alpha value is -2.20. The van der Waals surface area contributed by atoms with Gasteiger partial charge in [-0.05, 0) is 36.4 Å². The molecular weight excluding hydrogens is 274 g/mol. The summed E-state index contributed by atoms with van der Waals surface area (Å²) in [5, 5.41) is 7.01. The van der Waals surface area contributed by atoms with Gasteiger partial charge < -0.3 is 5.32 Å². The first-order valence-corrected chi connectivity index (χ1v) is 6.60. The van der Waals surface area contributed by atoms with E-state index in [0.717, 1.165) is 22.5 Å². The Morgan fingerprint density at radius 2 is 2.05 bits per heavy atom. The topological polar surface area (TPSA) is 53.8 Å². The van der Waals surface area contributed by atoms with Gasteiger partial charge in [0.1, 0.15) is 11.9 Å². The zero-order valence-corrected chi connectivity index (χ0v) is 11.6. The Labute approximate surface area is 121 Å². The number of nitrogens with zero attached hydrogens (tertiary/aromatic N) is 2. The first kappa shape index (κ1) is 12.8. The molecule has 1 aliphatic rings. The molecule has 3 rings (SSSR count). The highest BCUT2D eigenvalue weighted by atomic mass is 35.5. The van der Waals surface area contributed by atoms with E-state index in [0.29, 0.717) is 10.7 Å². The monoisotopic (exact) mass is 285 g/mol. The molecule has 1 unspecified atom stereocenters. The van der Waals surface area contributed by atoms with Gasteiger partial charge in [-0.15, -0.1) is 4.91 Å². The largest absolute Gasteiger partial charge is 0.359 e. The lowest BCUT2D eigenvalue weighted by Gasteiger charge is -2.25. The third-order valence-corrected chi connectivity index (χ3v) is 3.55. The number of aliphatic imine (C=N–C) groups is 1. The third-order valence-electron chi connectivity index (χ3n) is 3.32. The van der Waals surface area contributed by atoms with Gasteiger partial charge in [-0.2, -0.15) is 0 Å². The highest BCUT2D eigenvalue weighted by molar-refractivity contribution is 6.31. The van der Waals surface area contributed by atoms with E-state index in [-0.39, 0.29) is 6.17 Å². The molecule has 0 aromatic heterocycles. The second-order valence-electron chi connectivity index (χ2n) is 4.60. The molecule has 20 heavy (non-hydrogen) atoms. The third kappa shape index (κ3) is 2.18. The lowest BCUT2D eigenvalue weighted by molar-refractivity contribution is 0.827. The van der Waals surface area contributed by atoms with Crippen LogP contribution in [0, 0.1) is 4.91 Å². The summed E-state index contributed by atoms with van der Waals surface area (Å²) in [6.45, 7) is 1.94. The van der Waals surface area contributed by atoms with Gasteiger partial charge in [0.15, 0.2) is 0 Å². The molecule has 4 nitrogen and oxygen atoms in total. The zero-order valence-electron chi connectivity index (χ0n) is 10.8. The average Bonchev–Trinajstić information content (AvgIpc) is 2.46. The molecule has 5 heteroatoms. The summed E-state index contributed by atoms with van der Waals surface area (Å²) >= 11 is 6.03. The van der Waals surface area contributed by atoms with Gasteiger partial charge in [-0.25, -0.2) is 0 Å². The van der Waals surface area contributed by atoms with Crippen LogP contribution in [-0.2, 0) is 0 Å². The molecule has 0 bridgehead atoms. The number of nitrogens with one attached hydrogen (secondary N) is 1. The van der Waals surface area contributed by atoms with Gasteiger partial charge in [0.05, 0.1) is 0 Å². The van der Waals surface area contributed by atoms with Crippen LogP contribution in [0.5, 0.6) is 0 Å². The highest BCUT2D eigenvalue weighted by Gasteiger charge is 2.21. The molecule has 0 saturated heterocycles. The van der Waals surface area contributed by atoms with Crippen molar-refractivity contribution in [2.24, 2.45) is 10.2 Å². The molecule has 2 aromatic carbocycles. The fourth-order valence-corrected chi connectivity index (χ4v) is 2.52. The maximum Gasteiger partial charge on any atom is 0.147 e. The molecule has 0 spiro atoms. The molecule has 100 valence electrons. The quantitative estimate of drug-likeness (QED) is 0.815. The summed E-state index contributed by atoms with van der Waals surface area (Å²) in [6.07, 6.45) is -0.324. The molecule has 1 aliphatic heterocycles. The van der Waals surface area contributed by atoms with Crippen LogP contribution in [0.1, 0.15) is 24.2 Å². The van der Waals surface area contributed by atoms with Crippen LogP contribution < -0.4 is 5.32 Å². The van der Waals surface area contributed by atoms with Crippen LogP contribution in [0.3, 0.4) is 0 Å². The fourth-order valence-electron chi connectivity index (χ4n) is 2.34. The average molecular weight is 286 g/mol. The van der Waals surface area contributed by atoms with Crippen LogP contribution >= 0.6 is 11.6 Å². The SMILES string of the molecule is CC1=NC(c2ccccc2N=O)Nc2cc(Cl)ccc21. The van der Waals surface area contributed by atoms with E-state index in [2.05, 4.69) is 15.5 Å². The van der Waals surface area contributed by atoms with Crippen LogP contribution in [0.15, 0.2) is 52.6 Å². The van der Waals surface area contributed by atoms with Crippen LogP contribution in [0.25, 0.3) is 0 Å². The summed E-state index contributed by atoms with van der Waals surface area (Å²) in [4.78, 5) is 15.5. The van der Waals surface area contributed by atoms with Crippen molar-refractivity contribution in [1.82, 2.24) is 0 Å². The Morgan fingerprint density at radius 3 is 2.85 bits per heavy atom. The van der Waals surface area contributed by atoms with Crippen molar-refractivity contribution >= 4 is 28.7 Å². The summed E-state index contributed by atoms with van der Waals surface area (Å²) in [5.74, 6) is 0. The smallest absolute Gasteiger partial charge is 0.147 e. The van der Waals surface area contributed by atoms with E-state index in [1.54, 1.807) is 12.1 Å². The normalized spacial score (nSPS) is 16.9. The molecule has 0 amide bonds. The van der Waals surface area contributed by atoms with Crippen molar-refractivity contribution in [2.75, 3.05) is 5.32 Å². The van der Waals surface area contributed by atoms with Gasteiger partial charge in [0.2, 0.25) is 0 Å². The molecule has 0 aliphatic carbocycles. The number of hydrogen-bond acceptors (Lipinski definition) is 4. The summed E-state index contributed by atoms with van der Waals surface area (Å²) in [7, 11) is 0. The van der Waals surface area contributed by atoms with Crippen molar-refractivity contribution in [2.45, 2.75) is 13.1 Å². The predicted octanol–water partition coefficient (Wildman–Crippen LogP) is 4.67. The first-order valence-electron chi connectivity index (χ1n) is 6.22. The summed E-state index contributed by atoms with van der Waals surface area (Å²) in [5.41, 5.74) is 3.98. The molecular formula is C15H12ClN3O. The minimum absolute atomic E-state index is 0.324. The first-order chi connectivity index (χ1) is 9.69. The van der Waals surface area contributed by atoms with Gasteiger partial charge in [-0.1, -0.05) is 29.8 Å². The van der Waals surface area contributed by atoms with E-state index in [4.69, 9.17) is 11.6 Å². The van der Waals surface area contributed by atoms with Gasteiger partial charge in [0.25, 0.3) is 0 Å². The second-order valence-corrected chi connectivity index (χ2v) is 5.04. The Kier molecular flexibility index (Phi) is 3.24. The van der Waals surface area contributed by atoms with Crippen molar-refractivity contribution in [3.8, 4) is 0 Å². The number of rotatable bonds is 2. The number of halogens is 1. The van der Waals surface area contributed by atoms with E-state index in [1.807, 2.05) is 37.3 Å². The van der Waals surface area contributed by atoms with Gasteiger partial charge in [0, 0.05) is 27.5 Å². The molecule has 1 N–H and O–H groups in total. The van der Waals surface area contributed by atoms with E-state index >= 15 is 0 Å². The molecule has 0 radical (unpaired) electrons. The maximum absolute atomic E-state index is 10.9. The van der Waals surface area contributed by atoms with Crippen molar-refractivity contribution in [3.63, 3.8) is 0 Å². The molecule has 0 fully saturated rings. The van der Waals surface area contributed by atoms with Crippen molar-refractivity contribution in [3.05, 3.63) is 63.5 Å². The van der Waals surface area contributed by atoms with Crippen LogP contribution in [-0.4, -0.2) is 5.71 Å². The second kappa shape index (κ2) is 5.06. The number of anilines is 1. The van der Waals surface area contributed by atoms with Crippen LogP contribution in [0.4, 0.5) is 11.4 Å². The molecule has 0 saturated carbocycles. The lowest BCUT2D eigenvalue weighted by atomic mass is 10.0. The number of hydrogen-bond donors (Lipinski definition) is 1. The number of benzene rings is 2. The van der Waals surface area contributed by atoms with Crippen LogP contribution in [0.2, 0.25) is 5.02 Å². The molecule has 2 aromatic rings. The van der Waals surface area contributed by atoms with Gasteiger partial charge in [-0.3, -0.25) is 4.99 Å². The Morgan fingerprint density at radius 1 is 1.25 bits per heavy atom. The minimum Gasteiger partial charge on any atom is -0.359 e.